The fraction of sp³-hybridized carbons (Fsp3) is 0.385. The molecule has 2 N–H and O–H groups in total. The number of hydrogen-bond donors (Lipinski definition) is 2. The van der Waals surface area contributed by atoms with Crippen LogP contribution in [0.25, 0.3) is 0 Å². The topological polar surface area (TPSA) is 72.9 Å². The largest absolute Gasteiger partial charge is 0.480 e. The number of para-hydroxylation sites is 1. The summed E-state index contributed by atoms with van der Waals surface area (Å²) >= 11 is 5.98. The van der Waals surface area contributed by atoms with Gasteiger partial charge in [-0.1, -0.05) is 23.7 Å². The maximum atomic E-state index is 12.1. The number of halogens is 1. The summed E-state index contributed by atoms with van der Waals surface area (Å²) in [5, 5.41) is 12.0. The normalized spacial score (nSPS) is 15.9. The van der Waals surface area contributed by atoms with E-state index < -0.39 is 5.97 Å². The smallest absolute Gasteiger partial charge is 0.321 e. The Morgan fingerprint density at radius 1 is 1.20 bits per heavy atom. The van der Waals surface area contributed by atoms with Crippen LogP contribution in [0.4, 0.5) is 10.5 Å². The van der Waals surface area contributed by atoms with Crippen LogP contribution in [0.1, 0.15) is 0 Å². The van der Waals surface area contributed by atoms with Crippen LogP contribution in [0.5, 0.6) is 0 Å². The third-order valence-electron chi connectivity index (χ3n) is 3.13. The minimum Gasteiger partial charge on any atom is -0.480 e. The number of aliphatic carboxylic acids is 1. The van der Waals surface area contributed by atoms with Crippen molar-refractivity contribution < 1.29 is 14.7 Å². The fourth-order valence-corrected chi connectivity index (χ4v) is 2.24. The second kappa shape index (κ2) is 6.58. The molecule has 1 aliphatic heterocycles. The Labute approximate surface area is 121 Å². The first kappa shape index (κ1) is 14.6. The first-order chi connectivity index (χ1) is 9.56. The molecule has 1 aromatic carbocycles. The molecule has 108 valence electrons. The molecular formula is C13H16ClN3O3. The quantitative estimate of drug-likeness (QED) is 0.888. The average Bonchev–Trinajstić information content (AvgIpc) is 2.41. The number of piperazine rings is 1. The molecule has 6 nitrogen and oxygen atoms in total. The van der Waals surface area contributed by atoms with Crippen molar-refractivity contribution in [1.29, 1.82) is 0 Å². The summed E-state index contributed by atoms with van der Waals surface area (Å²) in [6.45, 7) is 2.14. The maximum absolute atomic E-state index is 12.1. The molecule has 0 spiro atoms. The zero-order chi connectivity index (χ0) is 14.5. The number of carbonyl (C=O) groups is 2. The van der Waals surface area contributed by atoms with E-state index in [9.17, 15) is 9.59 Å². The van der Waals surface area contributed by atoms with Crippen LogP contribution in [0.2, 0.25) is 5.02 Å². The first-order valence-corrected chi connectivity index (χ1v) is 6.68. The highest BCUT2D eigenvalue weighted by Gasteiger charge is 2.22. The molecule has 0 radical (unpaired) electrons. The van der Waals surface area contributed by atoms with E-state index in [0.29, 0.717) is 36.9 Å². The van der Waals surface area contributed by atoms with Crippen LogP contribution >= 0.6 is 11.6 Å². The van der Waals surface area contributed by atoms with Crippen molar-refractivity contribution in [1.82, 2.24) is 9.80 Å². The summed E-state index contributed by atoms with van der Waals surface area (Å²) in [4.78, 5) is 26.1. The Balaban J connectivity index is 1.86. The Hall–Kier alpha value is -1.79. The SMILES string of the molecule is O=C(O)CN1CCN(C(=O)Nc2ccccc2Cl)CC1. The van der Waals surface area contributed by atoms with Gasteiger partial charge in [0.1, 0.15) is 0 Å². The Morgan fingerprint density at radius 3 is 2.45 bits per heavy atom. The van der Waals surface area contributed by atoms with Gasteiger partial charge in [0.25, 0.3) is 0 Å². The lowest BCUT2D eigenvalue weighted by Gasteiger charge is -2.33. The predicted molar refractivity (Wildman–Crippen MR) is 76.1 cm³/mol. The van der Waals surface area contributed by atoms with Gasteiger partial charge in [0, 0.05) is 26.2 Å². The highest BCUT2D eigenvalue weighted by atomic mass is 35.5. The van der Waals surface area contributed by atoms with Gasteiger partial charge in [-0.25, -0.2) is 4.79 Å². The highest BCUT2D eigenvalue weighted by Crippen LogP contribution is 2.20. The van der Waals surface area contributed by atoms with E-state index in [0.717, 1.165) is 0 Å². The van der Waals surface area contributed by atoms with E-state index in [4.69, 9.17) is 16.7 Å². The summed E-state index contributed by atoms with van der Waals surface area (Å²) in [6.07, 6.45) is 0. The van der Waals surface area contributed by atoms with Crippen molar-refractivity contribution in [3.63, 3.8) is 0 Å². The lowest BCUT2D eigenvalue weighted by atomic mass is 10.3. The lowest BCUT2D eigenvalue weighted by Crippen LogP contribution is -2.51. The van der Waals surface area contributed by atoms with Crippen LogP contribution < -0.4 is 5.32 Å². The third kappa shape index (κ3) is 3.85. The third-order valence-corrected chi connectivity index (χ3v) is 3.46. The van der Waals surface area contributed by atoms with Crippen molar-refractivity contribution in [2.24, 2.45) is 0 Å². The van der Waals surface area contributed by atoms with Crippen LogP contribution in [0, 0.1) is 0 Å². The number of rotatable bonds is 3. The number of amides is 2. The average molecular weight is 298 g/mol. The van der Waals surface area contributed by atoms with Gasteiger partial charge in [-0.05, 0) is 12.1 Å². The minimum absolute atomic E-state index is 0.0139. The van der Waals surface area contributed by atoms with Gasteiger partial charge in [-0.15, -0.1) is 0 Å². The molecule has 2 amide bonds. The molecule has 1 heterocycles. The molecule has 1 aliphatic rings. The Kier molecular flexibility index (Phi) is 4.81. The van der Waals surface area contributed by atoms with Gasteiger partial charge in [0.05, 0.1) is 17.3 Å². The number of carboxylic acids is 1. The van der Waals surface area contributed by atoms with Gasteiger partial charge >= 0.3 is 12.0 Å². The molecule has 1 aromatic rings. The summed E-state index contributed by atoms with van der Waals surface area (Å²) in [6, 6.07) is 6.82. The fourth-order valence-electron chi connectivity index (χ4n) is 2.06. The number of nitrogens with one attached hydrogen (secondary N) is 1. The molecule has 20 heavy (non-hydrogen) atoms. The molecule has 0 atom stereocenters. The van der Waals surface area contributed by atoms with Crippen LogP contribution in [0.3, 0.4) is 0 Å². The maximum Gasteiger partial charge on any atom is 0.321 e. The van der Waals surface area contributed by atoms with E-state index in [2.05, 4.69) is 5.32 Å². The van der Waals surface area contributed by atoms with Crippen molar-refractivity contribution >= 4 is 29.3 Å². The van der Waals surface area contributed by atoms with Crippen LogP contribution in [0.15, 0.2) is 24.3 Å². The second-order valence-corrected chi connectivity index (χ2v) is 4.97. The van der Waals surface area contributed by atoms with Crippen LogP contribution in [-0.4, -0.2) is 59.6 Å². The van der Waals surface area contributed by atoms with Gasteiger partial charge < -0.3 is 15.3 Å². The number of benzene rings is 1. The van der Waals surface area contributed by atoms with E-state index >= 15 is 0 Å². The van der Waals surface area contributed by atoms with Gasteiger partial charge in [-0.3, -0.25) is 9.69 Å². The molecule has 0 saturated carbocycles. The molecule has 2 rings (SSSR count). The summed E-state index contributed by atoms with van der Waals surface area (Å²) in [5.74, 6) is -0.848. The molecule has 0 aliphatic carbocycles. The molecule has 0 aromatic heterocycles. The molecular weight excluding hydrogens is 282 g/mol. The van der Waals surface area contributed by atoms with Crippen molar-refractivity contribution in [3.8, 4) is 0 Å². The second-order valence-electron chi connectivity index (χ2n) is 4.57. The molecule has 0 unspecified atom stereocenters. The first-order valence-electron chi connectivity index (χ1n) is 6.31. The van der Waals surface area contributed by atoms with Gasteiger partial charge in [0.2, 0.25) is 0 Å². The lowest BCUT2D eigenvalue weighted by molar-refractivity contribution is -0.138. The van der Waals surface area contributed by atoms with E-state index in [1.807, 2.05) is 4.90 Å². The number of nitrogens with zero attached hydrogens (tertiary/aromatic N) is 2. The number of carbonyl (C=O) groups excluding carboxylic acids is 1. The van der Waals surface area contributed by atoms with Gasteiger partial charge in [0.15, 0.2) is 0 Å². The Morgan fingerprint density at radius 2 is 1.85 bits per heavy atom. The van der Waals surface area contributed by atoms with Crippen LogP contribution in [-0.2, 0) is 4.79 Å². The summed E-state index contributed by atoms with van der Waals surface area (Å²) < 4.78 is 0. The number of hydrogen-bond acceptors (Lipinski definition) is 3. The highest BCUT2D eigenvalue weighted by molar-refractivity contribution is 6.33. The van der Waals surface area contributed by atoms with E-state index in [1.54, 1.807) is 29.2 Å². The predicted octanol–water partition coefficient (Wildman–Crippen LogP) is 1.57. The molecule has 1 fully saturated rings. The standard InChI is InChI=1S/C13H16ClN3O3/c14-10-3-1-2-4-11(10)15-13(20)17-7-5-16(6-8-17)9-12(18)19/h1-4H,5-9H2,(H,15,20)(H,18,19). The van der Waals surface area contributed by atoms with Crippen molar-refractivity contribution in [3.05, 3.63) is 29.3 Å². The number of anilines is 1. The van der Waals surface area contributed by atoms with Crippen molar-refractivity contribution in [2.45, 2.75) is 0 Å². The monoisotopic (exact) mass is 297 g/mol. The Bertz CT molecular complexity index is 501. The minimum atomic E-state index is -0.848. The molecule has 0 bridgehead atoms. The van der Waals surface area contributed by atoms with Crippen molar-refractivity contribution in [2.75, 3.05) is 38.0 Å². The zero-order valence-corrected chi connectivity index (χ0v) is 11.6. The van der Waals surface area contributed by atoms with Gasteiger partial charge in [-0.2, -0.15) is 0 Å². The molecule has 1 saturated heterocycles. The zero-order valence-electron chi connectivity index (χ0n) is 10.9. The van der Waals surface area contributed by atoms with E-state index in [-0.39, 0.29) is 12.6 Å². The van der Waals surface area contributed by atoms with E-state index in [1.165, 1.54) is 0 Å². The summed E-state index contributed by atoms with van der Waals surface area (Å²) in [5.41, 5.74) is 0.576. The summed E-state index contributed by atoms with van der Waals surface area (Å²) in [7, 11) is 0. The number of urea groups is 1. The molecule has 7 heteroatoms. The number of carboxylic acid groups (broad SMARTS) is 1.